The molecule has 1 saturated heterocycles. The second kappa shape index (κ2) is 5.68. The first-order valence-corrected chi connectivity index (χ1v) is 7.47. The van der Waals surface area contributed by atoms with Crippen molar-refractivity contribution in [2.24, 2.45) is 0 Å². The van der Waals surface area contributed by atoms with Gasteiger partial charge in [-0.2, -0.15) is 0 Å². The molecule has 4 nitrogen and oxygen atoms in total. The molecule has 0 unspecified atom stereocenters. The highest BCUT2D eigenvalue weighted by atomic mass is 16.6. The number of rotatable bonds is 1. The average molecular weight is 291 g/mol. The predicted molar refractivity (Wildman–Crippen MR) is 82.1 cm³/mol. The van der Waals surface area contributed by atoms with Gasteiger partial charge in [0.25, 0.3) is 0 Å². The number of aliphatic hydroxyl groups is 1. The zero-order chi connectivity index (χ0) is 15.7. The monoisotopic (exact) mass is 291 g/mol. The zero-order valence-corrected chi connectivity index (χ0v) is 13.3. The molecule has 1 fully saturated rings. The molecule has 1 amide bonds. The van der Waals surface area contributed by atoms with Crippen molar-refractivity contribution >= 4 is 6.09 Å². The van der Waals surface area contributed by atoms with E-state index in [0.29, 0.717) is 25.9 Å². The van der Waals surface area contributed by atoms with Gasteiger partial charge in [0.1, 0.15) is 5.60 Å². The maximum atomic E-state index is 12.0. The van der Waals surface area contributed by atoms with Gasteiger partial charge in [-0.15, -0.1) is 0 Å². The molecule has 2 rings (SSSR count). The summed E-state index contributed by atoms with van der Waals surface area (Å²) in [5, 5.41) is 10.8. The number of aryl methyl sites for hydroxylation is 1. The number of benzene rings is 1. The van der Waals surface area contributed by atoms with Gasteiger partial charge >= 0.3 is 6.09 Å². The molecular formula is C17H25NO3. The van der Waals surface area contributed by atoms with E-state index in [1.54, 1.807) is 4.90 Å². The Labute approximate surface area is 126 Å². The van der Waals surface area contributed by atoms with Crippen LogP contribution in [0.2, 0.25) is 0 Å². The molecule has 0 radical (unpaired) electrons. The van der Waals surface area contributed by atoms with E-state index < -0.39 is 11.2 Å². The van der Waals surface area contributed by atoms with Gasteiger partial charge in [0.2, 0.25) is 0 Å². The van der Waals surface area contributed by atoms with E-state index in [1.807, 2.05) is 52.0 Å². The number of likely N-dealkylation sites (tertiary alicyclic amines) is 1. The van der Waals surface area contributed by atoms with E-state index in [-0.39, 0.29) is 6.09 Å². The predicted octanol–water partition coefficient (Wildman–Crippen LogP) is 3.21. The van der Waals surface area contributed by atoms with Crippen molar-refractivity contribution in [2.45, 2.75) is 51.7 Å². The van der Waals surface area contributed by atoms with Gasteiger partial charge in [-0.05, 0) is 46.1 Å². The summed E-state index contributed by atoms with van der Waals surface area (Å²) in [6, 6.07) is 7.96. The number of carbonyl (C=O) groups is 1. The van der Waals surface area contributed by atoms with Gasteiger partial charge in [-0.1, -0.05) is 29.8 Å². The number of hydrogen-bond donors (Lipinski definition) is 1. The van der Waals surface area contributed by atoms with Crippen LogP contribution in [0.25, 0.3) is 0 Å². The fraction of sp³-hybridized carbons (Fsp3) is 0.588. The van der Waals surface area contributed by atoms with Gasteiger partial charge in [0, 0.05) is 13.1 Å². The Kier molecular flexibility index (Phi) is 4.28. The molecule has 0 aromatic heterocycles. The lowest BCUT2D eigenvalue weighted by atomic mass is 9.84. The summed E-state index contributed by atoms with van der Waals surface area (Å²) in [7, 11) is 0. The van der Waals surface area contributed by atoms with Crippen molar-refractivity contribution in [3.05, 3.63) is 35.4 Å². The number of ether oxygens (including phenoxy) is 1. The molecule has 0 aliphatic carbocycles. The Balaban J connectivity index is 1.99. The van der Waals surface area contributed by atoms with E-state index in [4.69, 9.17) is 4.74 Å². The van der Waals surface area contributed by atoms with Crippen molar-refractivity contribution in [3.63, 3.8) is 0 Å². The molecule has 1 aromatic carbocycles. The molecular weight excluding hydrogens is 266 g/mol. The Morgan fingerprint density at radius 3 is 2.19 bits per heavy atom. The lowest BCUT2D eigenvalue weighted by molar-refractivity contribution is -0.0356. The first-order valence-electron chi connectivity index (χ1n) is 7.47. The molecule has 1 heterocycles. The maximum absolute atomic E-state index is 12.0. The van der Waals surface area contributed by atoms with Crippen LogP contribution in [-0.4, -0.2) is 34.8 Å². The molecule has 0 atom stereocenters. The average Bonchev–Trinajstić information content (AvgIpc) is 2.38. The van der Waals surface area contributed by atoms with Crippen LogP contribution in [-0.2, 0) is 10.3 Å². The summed E-state index contributed by atoms with van der Waals surface area (Å²) < 4.78 is 5.37. The normalized spacial score (nSPS) is 18.4. The van der Waals surface area contributed by atoms with E-state index in [0.717, 1.165) is 5.56 Å². The lowest BCUT2D eigenvalue weighted by Crippen LogP contribution is -2.46. The second-order valence-electron chi connectivity index (χ2n) is 6.87. The first-order chi connectivity index (χ1) is 9.70. The van der Waals surface area contributed by atoms with Gasteiger partial charge in [-0.25, -0.2) is 4.79 Å². The van der Waals surface area contributed by atoms with Crippen molar-refractivity contribution in [3.8, 4) is 0 Å². The van der Waals surface area contributed by atoms with Crippen LogP contribution in [0, 0.1) is 6.92 Å². The smallest absolute Gasteiger partial charge is 0.410 e. The van der Waals surface area contributed by atoms with E-state index in [1.165, 1.54) is 5.56 Å². The van der Waals surface area contributed by atoms with Crippen molar-refractivity contribution in [1.29, 1.82) is 0 Å². The van der Waals surface area contributed by atoms with Crippen molar-refractivity contribution in [2.75, 3.05) is 13.1 Å². The van der Waals surface area contributed by atoms with Crippen LogP contribution in [0.15, 0.2) is 24.3 Å². The Morgan fingerprint density at radius 1 is 1.19 bits per heavy atom. The molecule has 116 valence electrons. The fourth-order valence-electron chi connectivity index (χ4n) is 2.54. The molecule has 1 aliphatic rings. The van der Waals surface area contributed by atoms with Crippen LogP contribution in [0.5, 0.6) is 0 Å². The summed E-state index contributed by atoms with van der Waals surface area (Å²) >= 11 is 0. The largest absolute Gasteiger partial charge is 0.444 e. The quantitative estimate of drug-likeness (QED) is 0.864. The van der Waals surface area contributed by atoms with Crippen LogP contribution in [0.1, 0.15) is 44.7 Å². The Morgan fingerprint density at radius 2 is 1.71 bits per heavy atom. The topological polar surface area (TPSA) is 49.8 Å². The standard InChI is InChI=1S/C17H25NO3/c1-13-5-7-14(8-6-13)17(20)9-11-18(12-10-17)15(19)21-16(2,3)4/h5-8,20H,9-12H2,1-4H3. The SMILES string of the molecule is Cc1ccc(C2(O)CCN(C(=O)OC(C)(C)C)CC2)cc1. The minimum absolute atomic E-state index is 0.298. The number of carbonyl (C=O) groups excluding carboxylic acids is 1. The first kappa shape index (κ1) is 15.8. The van der Waals surface area contributed by atoms with Gasteiger partial charge in [-0.3, -0.25) is 0 Å². The maximum Gasteiger partial charge on any atom is 0.410 e. The summed E-state index contributed by atoms with van der Waals surface area (Å²) in [6.07, 6.45) is 0.776. The van der Waals surface area contributed by atoms with E-state index in [9.17, 15) is 9.90 Å². The molecule has 1 aliphatic heterocycles. The zero-order valence-electron chi connectivity index (χ0n) is 13.3. The third-order valence-electron chi connectivity index (χ3n) is 3.83. The van der Waals surface area contributed by atoms with Crippen LogP contribution in [0.4, 0.5) is 4.79 Å². The fourth-order valence-corrected chi connectivity index (χ4v) is 2.54. The Bertz CT molecular complexity index is 494. The van der Waals surface area contributed by atoms with Crippen molar-refractivity contribution < 1.29 is 14.6 Å². The van der Waals surface area contributed by atoms with Crippen LogP contribution < -0.4 is 0 Å². The second-order valence-corrected chi connectivity index (χ2v) is 6.87. The minimum Gasteiger partial charge on any atom is -0.444 e. The van der Waals surface area contributed by atoms with Crippen molar-refractivity contribution in [1.82, 2.24) is 4.90 Å². The molecule has 21 heavy (non-hydrogen) atoms. The summed E-state index contributed by atoms with van der Waals surface area (Å²) in [6.45, 7) is 8.63. The van der Waals surface area contributed by atoms with E-state index in [2.05, 4.69) is 0 Å². The molecule has 4 heteroatoms. The van der Waals surface area contributed by atoms with E-state index >= 15 is 0 Å². The number of hydrogen-bond acceptors (Lipinski definition) is 3. The Hall–Kier alpha value is -1.55. The lowest BCUT2D eigenvalue weighted by Gasteiger charge is -2.39. The third kappa shape index (κ3) is 3.97. The van der Waals surface area contributed by atoms with Gasteiger partial charge in [0.05, 0.1) is 5.60 Å². The highest BCUT2D eigenvalue weighted by Gasteiger charge is 2.36. The molecule has 0 saturated carbocycles. The summed E-state index contributed by atoms with van der Waals surface area (Å²) in [4.78, 5) is 13.7. The highest BCUT2D eigenvalue weighted by Crippen LogP contribution is 2.33. The molecule has 1 N–H and O–H groups in total. The van der Waals surface area contributed by atoms with Crippen LogP contribution >= 0.6 is 0 Å². The number of amides is 1. The summed E-state index contributed by atoms with van der Waals surface area (Å²) in [5.74, 6) is 0. The molecule has 1 aromatic rings. The van der Waals surface area contributed by atoms with Gasteiger partial charge < -0.3 is 14.7 Å². The molecule has 0 bridgehead atoms. The number of nitrogens with zero attached hydrogens (tertiary/aromatic N) is 1. The molecule has 0 spiro atoms. The van der Waals surface area contributed by atoms with Crippen LogP contribution in [0.3, 0.4) is 0 Å². The summed E-state index contributed by atoms with van der Waals surface area (Å²) in [5.41, 5.74) is 0.777. The third-order valence-corrected chi connectivity index (χ3v) is 3.83. The van der Waals surface area contributed by atoms with Gasteiger partial charge in [0.15, 0.2) is 0 Å². The highest BCUT2D eigenvalue weighted by molar-refractivity contribution is 5.68. The number of piperidine rings is 1. The minimum atomic E-state index is -0.841.